The van der Waals surface area contributed by atoms with Gasteiger partial charge in [-0.25, -0.2) is 0 Å². The van der Waals surface area contributed by atoms with Crippen LogP contribution in [0.5, 0.6) is 11.5 Å². The van der Waals surface area contributed by atoms with Crippen LogP contribution >= 0.6 is 0 Å². The van der Waals surface area contributed by atoms with Crippen LogP contribution in [0.2, 0.25) is 0 Å². The standard InChI is InChI=1S/C20H24N2O4/c1-4-9-22-10-5-6-16(12-22)20(24)21(3)14(2)19(23)15-7-8-17-18(11-15)26-13-25-17/h5,7-8,10-12,14H,4,6,9,13H2,1-3H3. The van der Waals surface area contributed by atoms with Gasteiger partial charge in [-0.05, 0) is 44.2 Å². The highest BCUT2D eigenvalue weighted by atomic mass is 16.7. The van der Waals surface area contributed by atoms with Crippen molar-refractivity contribution in [3.05, 3.63) is 47.8 Å². The maximum Gasteiger partial charge on any atom is 0.251 e. The van der Waals surface area contributed by atoms with Gasteiger partial charge in [-0.15, -0.1) is 0 Å². The lowest BCUT2D eigenvalue weighted by Crippen LogP contribution is -2.41. The zero-order valence-corrected chi connectivity index (χ0v) is 15.4. The number of carbonyl (C=O) groups is 2. The minimum absolute atomic E-state index is 0.128. The topological polar surface area (TPSA) is 59.1 Å². The van der Waals surface area contributed by atoms with E-state index >= 15 is 0 Å². The molecule has 2 aliphatic heterocycles. The number of ketones is 1. The van der Waals surface area contributed by atoms with Crippen LogP contribution in [-0.4, -0.2) is 47.9 Å². The van der Waals surface area contributed by atoms with Gasteiger partial charge < -0.3 is 19.3 Å². The van der Waals surface area contributed by atoms with Gasteiger partial charge in [0.1, 0.15) is 0 Å². The summed E-state index contributed by atoms with van der Waals surface area (Å²) < 4.78 is 10.6. The average molecular weight is 356 g/mol. The van der Waals surface area contributed by atoms with Crippen LogP contribution in [-0.2, 0) is 4.79 Å². The molecular formula is C20H24N2O4. The van der Waals surface area contributed by atoms with Gasteiger partial charge in [-0.1, -0.05) is 13.0 Å². The molecule has 0 spiro atoms. The highest BCUT2D eigenvalue weighted by molar-refractivity contribution is 6.04. The Balaban J connectivity index is 1.71. The molecule has 6 heteroatoms. The second-order valence-corrected chi connectivity index (χ2v) is 6.51. The predicted octanol–water partition coefficient (Wildman–Crippen LogP) is 2.96. The van der Waals surface area contributed by atoms with Gasteiger partial charge in [0.15, 0.2) is 17.3 Å². The van der Waals surface area contributed by atoms with Gasteiger partial charge in [0, 0.05) is 30.9 Å². The van der Waals surface area contributed by atoms with Gasteiger partial charge >= 0.3 is 0 Å². The van der Waals surface area contributed by atoms with Crippen molar-refractivity contribution in [1.82, 2.24) is 9.80 Å². The summed E-state index contributed by atoms with van der Waals surface area (Å²) in [7, 11) is 1.67. The number of carbonyl (C=O) groups excluding carboxylic acids is 2. The number of nitrogens with zero attached hydrogens (tertiary/aromatic N) is 2. The zero-order valence-electron chi connectivity index (χ0n) is 15.4. The number of rotatable bonds is 6. The molecule has 26 heavy (non-hydrogen) atoms. The van der Waals surface area contributed by atoms with Crippen LogP contribution in [0.15, 0.2) is 42.2 Å². The maximum atomic E-state index is 12.8. The number of hydrogen-bond donors (Lipinski definition) is 0. The number of benzene rings is 1. The predicted molar refractivity (Wildman–Crippen MR) is 98.0 cm³/mol. The summed E-state index contributed by atoms with van der Waals surface area (Å²) in [6, 6.07) is 4.53. The second-order valence-electron chi connectivity index (χ2n) is 6.51. The minimum Gasteiger partial charge on any atom is -0.454 e. The summed E-state index contributed by atoms with van der Waals surface area (Å²) >= 11 is 0. The first kappa shape index (κ1) is 18.0. The number of allylic oxidation sites excluding steroid dienone is 1. The SMILES string of the molecule is CCCN1C=CCC(C(=O)N(C)C(C)C(=O)c2ccc3c(c2)OCO3)=C1. The Hall–Kier alpha value is -2.76. The summed E-state index contributed by atoms with van der Waals surface area (Å²) in [5.74, 6) is 0.940. The number of likely N-dealkylation sites (N-methyl/N-ethyl adjacent to an activating group) is 1. The molecule has 0 aliphatic carbocycles. The first-order chi connectivity index (χ1) is 12.5. The molecule has 1 atom stereocenters. The molecule has 6 nitrogen and oxygen atoms in total. The van der Waals surface area contributed by atoms with E-state index in [0.29, 0.717) is 29.1 Å². The van der Waals surface area contributed by atoms with Crippen molar-refractivity contribution in [2.24, 2.45) is 0 Å². The summed E-state index contributed by atoms with van der Waals surface area (Å²) in [4.78, 5) is 29.1. The van der Waals surface area contributed by atoms with E-state index < -0.39 is 6.04 Å². The summed E-state index contributed by atoms with van der Waals surface area (Å²) in [5.41, 5.74) is 1.19. The van der Waals surface area contributed by atoms with Crippen LogP contribution in [0.4, 0.5) is 0 Å². The number of fused-ring (bicyclic) bond motifs is 1. The molecule has 138 valence electrons. The molecule has 1 amide bonds. The first-order valence-corrected chi connectivity index (χ1v) is 8.85. The molecule has 0 fully saturated rings. The third-order valence-electron chi connectivity index (χ3n) is 4.65. The molecule has 2 heterocycles. The Morgan fingerprint density at radius 2 is 2.04 bits per heavy atom. The minimum atomic E-state index is -0.575. The Labute approximate surface area is 153 Å². The molecular weight excluding hydrogens is 332 g/mol. The molecule has 0 bridgehead atoms. The maximum absolute atomic E-state index is 12.8. The van der Waals surface area contributed by atoms with Crippen molar-refractivity contribution in [1.29, 1.82) is 0 Å². The van der Waals surface area contributed by atoms with Crippen molar-refractivity contribution < 1.29 is 19.1 Å². The Morgan fingerprint density at radius 1 is 1.27 bits per heavy atom. The normalized spacial score (nSPS) is 16.3. The van der Waals surface area contributed by atoms with Crippen molar-refractivity contribution in [3.8, 4) is 11.5 Å². The van der Waals surface area contributed by atoms with E-state index in [-0.39, 0.29) is 18.5 Å². The van der Waals surface area contributed by atoms with Crippen molar-refractivity contribution in [2.45, 2.75) is 32.7 Å². The molecule has 0 radical (unpaired) electrons. The fraction of sp³-hybridized carbons (Fsp3) is 0.400. The zero-order chi connectivity index (χ0) is 18.7. The number of amides is 1. The number of ether oxygens (including phenoxy) is 2. The highest BCUT2D eigenvalue weighted by Gasteiger charge is 2.27. The van der Waals surface area contributed by atoms with E-state index in [4.69, 9.17) is 9.47 Å². The molecule has 2 aliphatic rings. The molecule has 3 rings (SSSR count). The summed E-state index contributed by atoms with van der Waals surface area (Å²) in [6.07, 6.45) is 7.41. The molecule has 0 saturated heterocycles. The third kappa shape index (κ3) is 3.59. The fourth-order valence-corrected chi connectivity index (χ4v) is 3.02. The Kier molecular flexibility index (Phi) is 5.30. The van der Waals surface area contributed by atoms with E-state index in [1.807, 2.05) is 23.4 Å². The lowest BCUT2D eigenvalue weighted by molar-refractivity contribution is -0.127. The average Bonchev–Trinajstić information content (AvgIpc) is 3.14. The van der Waals surface area contributed by atoms with Gasteiger partial charge in [0.25, 0.3) is 5.91 Å². The highest BCUT2D eigenvalue weighted by Crippen LogP contribution is 2.33. The van der Waals surface area contributed by atoms with E-state index in [1.165, 1.54) is 4.90 Å². The summed E-state index contributed by atoms with van der Waals surface area (Å²) in [6.45, 7) is 4.86. The van der Waals surface area contributed by atoms with Crippen molar-refractivity contribution in [3.63, 3.8) is 0 Å². The van der Waals surface area contributed by atoms with Crippen LogP contribution in [0.1, 0.15) is 37.0 Å². The van der Waals surface area contributed by atoms with E-state index in [0.717, 1.165) is 13.0 Å². The van der Waals surface area contributed by atoms with E-state index in [2.05, 4.69) is 6.92 Å². The second kappa shape index (κ2) is 7.64. The molecule has 1 unspecified atom stereocenters. The van der Waals surface area contributed by atoms with E-state index in [1.54, 1.807) is 32.2 Å². The van der Waals surface area contributed by atoms with Crippen molar-refractivity contribution >= 4 is 11.7 Å². The van der Waals surface area contributed by atoms with E-state index in [9.17, 15) is 9.59 Å². The van der Waals surface area contributed by atoms with Crippen LogP contribution in [0, 0.1) is 0 Å². The van der Waals surface area contributed by atoms with Crippen molar-refractivity contribution in [2.75, 3.05) is 20.4 Å². The smallest absolute Gasteiger partial charge is 0.251 e. The molecule has 0 saturated carbocycles. The Bertz CT molecular complexity index is 769. The quantitative estimate of drug-likeness (QED) is 0.734. The van der Waals surface area contributed by atoms with Crippen LogP contribution in [0.3, 0.4) is 0 Å². The van der Waals surface area contributed by atoms with Crippen LogP contribution < -0.4 is 9.47 Å². The Morgan fingerprint density at radius 3 is 2.81 bits per heavy atom. The largest absolute Gasteiger partial charge is 0.454 e. The number of Topliss-reactive ketones (excluding diaryl/α,β-unsaturated/α-hetero) is 1. The molecule has 1 aromatic rings. The van der Waals surface area contributed by atoms with Gasteiger partial charge in [0.05, 0.1) is 6.04 Å². The molecule has 0 aromatic heterocycles. The monoisotopic (exact) mass is 356 g/mol. The fourth-order valence-electron chi connectivity index (χ4n) is 3.02. The van der Waals surface area contributed by atoms with Crippen LogP contribution in [0.25, 0.3) is 0 Å². The lowest BCUT2D eigenvalue weighted by atomic mass is 10.0. The van der Waals surface area contributed by atoms with Gasteiger partial charge in [-0.2, -0.15) is 0 Å². The van der Waals surface area contributed by atoms with Gasteiger partial charge in [0.2, 0.25) is 6.79 Å². The lowest BCUT2D eigenvalue weighted by Gasteiger charge is -2.27. The first-order valence-electron chi connectivity index (χ1n) is 8.85. The van der Waals surface area contributed by atoms with Gasteiger partial charge in [-0.3, -0.25) is 9.59 Å². The number of hydrogen-bond acceptors (Lipinski definition) is 5. The third-order valence-corrected chi connectivity index (χ3v) is 4.65. The summed E-state index contributed by atoms with van der Waals surface area (Å²) in [5, 5.41) is 0. The molecule has 1 aromatic carbocycles. The molecule has 0 N–H and O–H groups in total.